The largest absolute Gasteiger partial charge is 0.480 e. The molecule has 0 radical (unpaired) electrons. The SMILES string of the molecule is C=CC(CCC(=O)NCCCCCC(=O)NCCCCC(N)C(=O)O)NC(=O)CCCCCCCCCCCCCCCCCCP(=O)(OC(C)(C)C)OC(C)(C)C.COC(C)(C)C. The fourth-order valence-electron chi connectivity index (χ4n) is 6.66. The molecule has 0 saturated heterocycles. The van der Waals surface area contributed by atoms with Gasteiger partial charge in [0.15, 0.2) is 0 Å². The van der Waals surface area contributed by atoms with E-state index in [2.05, 4.69) is 22.5 Å². The average Bonchev–Trinajstić information content (AvgIpc) is 3.18. The minimum atomic E-state index is -3.12. The zero-order valence-electron chi connectivity index (χ0n) is 42.7. The van der Waals surface area contributed by atoms with E-state index < -0.39 is 30.8 Å². The molecule has 64 heavy (non-hydrogen) atoms. The summed E-state index contributed by atoms with van der Waals surface area (Å²) < 4.78 is 30.0. The molecule has 378 valence electrons. The summed E-state index contributed by atoms with van der Waals surface area (Å²) in [4.78, 5) is 47.4. The number of unbranched alkanes of at least 4 members (excludes halogenated alkanes) is 18. The van der Waals surface area contributed by atoms with Crippen molar-refractivity contribution >= 4 is 31.3 Å². The van der Waals surface area contributed by atoms with Crippen molar-refractivity contribution in [1.29, 1.82) is 0 Å². The molecule has 0 bridgehead atoms. The minimum absolute atomic E-state index is 0.0108. The molecule has 6 N–H and O–H groups in total. The van der Waals surface area contributed by atoms with Gasteiger partial charge in [-0.25, -0.2) is 0 Å². The third-order valence-electron chi connectivity index (χ3n) is 10.3. The van der Waals surface area contributed by atoms with Crippen molar-refractivity contribution in [1.82, 2.24) is 16.0 Å². The van der Waals surface area contributed by atoms with Gasteiger partial charge in [0.05, 0.1) is 23.0 Å². The highest BCUT2D eigenvalue weighted by Crippen LogP contribution is 2.55. The van der Waals surface area contributed by atoms with Crippen LogP contribution < -0.4 is 21.7 Å². The lowest BCUT2D eigenvalue weighted by molar-refractivity contribution is -0.138. The van der Waals surface area contributed by atoms with Crippen LogP contribution in [0.15, 0.2) is 12.7 Å². The van der Waals surface area contributed by atoms with Gasteiger partial charge in [-0.1, -0.05) is 102 Å². The Labute approximate surface area is 391 Å². The van der Waals surface area contributed by atoms with E-state index in [0.717, 1.165) is 51.4 Å². The Morgan fingerprint density at radius 3 is 1.31 bits per heavy atom. The molecule has 13 nitrogen and oxygen atoms in total. The number of nitrogens with two attached hydrogens (primary N) is 1. The van der Waals surface area contributed by atoms with Crippen LogP contribution in [0.4, 0.5) is 0 Å². The summed E-state index contributed by atoms with van der Waals surface area (Å²) in [5, 5.41) is 17.5. The number of amides is 3. The van der Waals surface area contributed by atoms with Gasteiger partial charge >= 0.3 is 13.6 Å². The average molecular weight is 931 g/mol. The number of hydrogen-bond acceptors (Lipinski definition) is 9. The van der Waals surface area contributed by atoms with Crippen molar-refractivity contribution in [3.63, 3.8) is 0 Å². The molecule has 2 atom stereocenters. The van der Waals surface area contributed by atoms with Gasteiger partial charge in [0.25, 0.3) is 0 Å². The van der Waals surface area contributed by atoms with Crippen molar-refractivity contribution in [2.45, 2.75) is 258 Å². The summed E-state index contributed by atoms with van der Waals surface area (Å²) in [6, 6.07) is -1.08. The summed E-state index contributed by atoms with van der Waals surface area (Å²) in [7, 11) is -1.41. The molecule has 0 aliphatic heterocycles. The van der Waals surface area contributed by atoms with Crippen LogP contribution in [0.5, 0.6) is 0 Å². The van der Waals surface area contributed by atoms with E-state index in [0.29, 0.717) is 64.2 Å². The number of carboxylic acid groups (broad SMARTS) is 1. The standard InChI is InChI=1S/C45H87N4O8P.C5H12O/c1-8-38(33-34-41(51)48-35-27-23-25-31-40(50)47-36-28-26-30-39(46)43(53)54)49-42(52)32-24-21-19-17-15-13-11-9-10-12-14-16-18-20-22-29-37-58(55,56-44(2,3)4)57-45(5,6)7;1-5(2,3)6-4/h8,38-39H,1,9-37,46H2,2-7H3,(H,47,50)(H,48,51)(H,49,52)(H,53,54);1-4H3. The van der Waals surface area contributed by atoms with Crippen LogP contribution in [0.2, 0.25) is 0 Å². The van der Waals surface area contributed by atoms with E-state index in [-0.39, 0.29) is 29.4 Å². The predicted molar refractivity (Wildman–Crippen MR) is 265 cm³/mol. The summed E-state index contributed by atoms with van der Waals surface area (Å²) in [5.74, 6) is -1.07. The number of ether oxygens (including phenoxy) is 1. The second kappa shape index (κ2) is 37.7. The van der Waals surface area contributed by atoms with Crippen LogP contribution in [0.1, 0.15) is 229 Å². The Bertz CT molecular complexity index is 1260. The van der Waals surface area contributed by atoms with E-state index in [1.54, 1.807) is 13.2 Å². The van der Waals surface area contributed by atoms with Gasteiger partial charge in [-0.15, -0.1) is 6.58 Å². The Morgan fingerprint density at radius 1 is 0.562 bits per heavy atom. The monoisotopic (exact) mass is 931 g/mol. The lowest BCUT2D eigenvalue weighted by Gasteiger charge is -2.32. The van der Waals surface area contributed by atoms with Crippen molar-refractivity contribution in [2.24, 2.45) is 5.73 Å². The second-order valence-corrected chi connectivity index (χ2v) is 22.4. The van der Waals surface area contributed by atoms with E-state index >= 15 is 0 Å². The topological polar surface area (TPSA) is 195 Å². The lowest BCUT2D eigenvalue weighted by Crippen LogP contribution is -2.34. The highest BCUT2D eigenvalue weighted by atomic mass is 31.2. The normalized spacial score (nSPS) is 13.0. The van der Waals surface area contributed by atoms with Gasteiger partial charge in [0.1, 0.15) is 6.04 Å². The zero-order chi connectivity index (χ0) is 48.9. The van der Waals surface area contributed by atoms with Crippen LogP contribution >= 0.6 is 7.60 Å². The summed E-state index contributed by atoms with van der Waals surface area (Å²) in [6.45, 7) is 22.5. The highest BCUT2D eigenvalue weighted by molar-refractivity contribution is 7.53. The summed E-state index contributed by atoms with van der Waals surface area (Å²) in [5.41, 5.74) is 4.53. The molecular weight excluding hydrogens is 832 g/mol. The molecule has 0 aliphatic carbocycles. The maximum absolute atomic E-state index is 13.3. The molecule has 0 fully saturated rings. The first-order valence-corrected chi connectivity index (χ1v) is 26.6. The number of rotatable bonds is 38. The van der Waals surface area contributed by atoms with Gasteiger partial charge in [-0.2, -0.15) is 0 Å². The van der Waals surface area contributed by atoms with Gasteiger partial charge < -0.3 is 40.6 Å². The fraction of sp³-hybridized carbons (Fsp3) is 0.880. The van der Waals surface area contributed by atoms with Crippen molar-refractivity contribution in [3.05, 3.63) is 12.7 Å². The molecule has 0 aliphatic rings. The Kier molecular flexibility index (Phi) is 37.6. The summed E-state index contributed by atoms with van der Waals surface area (Å²) >= 11 is 0. The lowest BCUT2D eigenvalue weighted by atomic mass is 10.0. The first kappa shape index (κ1) is 63.8. The van der Waals surface area contributed by atoms with Crippen LogP contribution in [0, 0.1) is 0 Å². The van der Waals surface area contributed by atoms with Gasteiger partial charge in [-0.05, 0) is 114 Å². The Morgan fingerprint density at radius 2 is 0.922 bits per heavy atom. The van der Waals surface area contributed by atoms with Crippen LogP contribution in [0.25, 0.3) is 0 Å². The molecule has 0 aromatic heterocycles. The third-order valence-corrected chi connectivity index (χ3v) is 12.8. The number of nitrogens with one attached hydrogen (secondary N) is 3. The number of aliphatic carboxylic acids is 1. The first-order valence-electron chi connectivity index (χ1n) is 24.9. The fourth-order valence-corrected chi connectivity index (χ4v) is 9.16. The molecule has 0 rings (SSSR count). The van der Waals surface area contributed by atoms with Crippen molar-refractivity contribution in [3.8, 4) is 0 Å². The molecule has 0 aromatic rings. The number of methoxy groups -OCH3 is 1. The van der Waals surface area contributed by atoms with Crippen molar-refractivity contribution < 1.29 is 42.6 Å². The predicted octanol–water partition coefficient (Wildman–Crippen LogP) is 11.7. The van der Waals surface area contributed by atoms with E-state index in [1.165, 1.54) is 70.6 Å². The zero-order valence-corrected chi connectivity index (χ0v) is 43.6. The van der Waals surface area contributed by atoms with Gasteiger partial charge in [0.2, 0.25) is 17.7 Å². The molecule has 0 saturated carbocycles. The van der Waals surface area contributed by atoms with Crippen LogP contribution in [-0.4, -0.2) is 84.0 Å². The van der Waals surface area contributed by atoms with E-state index in [1.807, 2.05) is 62.3 Å². The molecular formula is C50H99N4O9P. The molecule has 0 aromatic carbocycles. The maximum atomic E-state index is 13.3. The molecule has 14 heteroatoms. The van der Waals surface area contributed by atoms with Crippen molar-refractivity contribution in [2.75, 3.05) is 26.4 Å². The molecule has 2 unspecified atom stereocenters. The van der Waals surface area contributed by atoms with E-state index in [4.69, 9.17) is 24.6 Å². The Balaban J connectivity index is 0. The first-order chi connectivity index (χ1) is 29.9. The van der Waals surface area contributed by atoms with Crippen LogP contribution in [0.3, 0.4) is 0 Å². The number of carbonyl (C=O) groups excluding carboxylic acids is 3. The molecule has 0 heterocycles. The molecule has 0 spiro atoms. The third kappa shape index (κ3) is 46.2. The van der Waals surface area contributed by atoms with Crippen LogP contribution in [-0.2, 0) is 37.5 Å². The number of carboxylic acids is 1. The summed E-state index contributed by atoms with van der Waals surface area (Å²) in [6.07, 6.45) is 27.0. The van der Waals surface area contributed by atoms with Gasteiger partial charge in [-0.3, -0.25) is 23.7 Å². The van der Waals surface area contributed by atoms with Gasteiger partial charge in [0, 0.05) is 45.5 Å². The highest BCUT2D eigenvalue weighted by Gasteiger charge is 2.34. The molecule has 3 amide bonds. The number of carbonyl (C=O) groups is 4. The quantitative estimate of drug-likeness (QED) is 0.0226. The second-order valence-electron chi connectivity index (χ2n) is 20.4. The minimum Gasteiger partial charge on any atom is -0.480 e. The smallest absolute Gasteiger partial charge is 0.331 e. The Hall–Kier alpha value is -2.31. The number of hydrogen-bond donors (Lipinski definition) is 5. The maximum Gasteiger partial charge on any atom is 0.331 e. The van der Waals surface area contributed by atoms with E-state index in [9.17, 15) is 23.7 Å².